The van der Waals surface area contributed by atoms with Crippen molar-refractivity contribution in [3.05, 3.63) is 23.9 Å². The van der Waals surface area contributed by atoms with Crippen LogP contribution in [0, 0.1) is 0 Å². The molecule has 3 heteroatoms. The van der Waals surface area contributed by atoms with Gasteiger partial charge in [-0.2, -0.15) is 0 Å². The molecule has 0 unspecified atom stereocenters. The van der Waals surface area contributed by atoms with Gasteiger partial charge in [-0.3, -0.25) is 0 Å². The number of allylic oxidation sites excluding steroid dienone is 3. The average molecular weight is 161 g/mol. The third-order valence-electron chi connectivity index (χ3n) is 1.34. The van der Waals surface area contributed by atoms with Gasteiger partial charge >= 0.3 is 0 Å². The van der Waals surface area contributed by atoms with Crippen LogP contribution in [0.5, 0.6) is 0 Å². The fraction of sp³-hybridized carbons (Fsp3) is 0.500. The normalized spacial score (nSPS) is 11.9. The summed E-state index contributed by atoms with van der Waals surface area (Å²) in [4.78, 5) is 0. The minimum Gasteiger partial charge on any atom is -0.391 e. The van der Waals surface area contributed by atoms with Crippen LogP contribution in [0.25, 0.3) is 0 Å². The maximum absolute atomic E-state index is 11.9. The molecule has 0 radical (unpaired) electrons. The molecule has 0 saturated carbocycles. The van der Waals surface area contributed by atoms with Crippen molar-refractivity contribution in [1.29, 1.82) is 0 Å². The van der Waals surface area contributed by atoms with E-state index in [1.165, 1.54) is 6.08 Å². The summed E-state index contributed by atoms with van der Waals surface area (Å²) in [6.07, 6.45) is -0.364. The van der Waals surface area contributed by atoms with Gasteiger partial charge in [0.2, 0.25) is 0 Å². The molecule has 0 aliphatic carbocycles. The van der Waals surface area contributed by atoms with Crippen molar-refractivity contribution in [1.82, 2.24) is 5.32 Å². The fourth-order valence-electron chi connectivity index (χ4n) is 0.638. The van der Waals surface area contributed by atoms with E-state index in [2.05, 4.69) is 11.9 Å². The van der Waals surface area contributed by atoms with Crippen molar-refractivity contribution >= 4 is 0 Å². The predicted octanol–water partition coefficient (Wildman–Crippen LogP) is 2.32. The number of hydrogen-bond acceptors (Lipinski definition) is 1. The summed E-state index contributed by atoms with van der Waals surface area (Å²) < 4.78 is 23.8. The third kappa shape index (κ3) is 3.75. The summed E-state index contributed by atoms with van der Waals surface area (Å²) in [7, 11) is 1.70. The van der Waals surface area contributed by atoms with Gasteiger partial charge in [-0.15, -0.1) is 0 Å². The lowest BCUT2D eigenvalue weighted by atomic mass is 10.2. The first-order chi connectivity index (χ1) is 5.11. The second-order valence-corrected chi connectivity index (χ2v) is 2.15. The Labute approximate surface area is 65.8 Å². The first-order valence-corrected chi connectivity index (χ1v) is 3.47. The predicted molar refractivity (Wildman–Crippen MR) is 42.6 cm³/mol. The topological polar surface area (TPSA) is 12.0 Å². The Bertz CT molecular complexity index is 155. The Balaban J connectivity index is 4.15. The van der Waals surface area contributed by atoms with E-state index in [9.17, 15) is 8.78 Å². The Morgan fingerprint density at radius 2 is 2.18 bits per heavy atom. The van der Waals surface area contributed by atoms with Gasteiger partial charge in [0, 0.05) is 18.3 Å². The molecule has 0 rings (SSSR count). The highest BCUT2D eigenvalue weighted by atomic mass is 19.3. The first kappa shape index (κ1) is 10.1. The molecule has 0 aromatic carbocycles. The lowest BCUT2D eigenvalue weighted by Crippen LogP contribution is -2.06. The van der Waals surface area contributed by atoms with Crippen LogP contribution in [-0.2, 0) is 0 Å². The Morgan fingerprint density at radius 1 is 1.64 bits per heavy atom. The van der Waals surface area contributed by atoms with Crippen molar-refractivity contribution < 1.29 is 8.78 Å². The number of hydrogen-bond donors (Lipinski definition) is 1. The Morgan fingerprint density at radius 3 is 2.45 bits per heavy atom. The SMILES string of the molecule is C=C(/C=C(\CC)NC)C(F)F. The molecule has 0 spiro atoms. The fourth-order valence-corrected chi connectivity index (χ4v) is 0.638. The third-order valence-corrected chi connectivity index (χ3v) is 1.34. The monoisotopic (exact) mass is 161 g/mol. The number of rotatable bonds is 4. The maximum atomic E-state index is 11.9. The molecule has 1 N–H and O–H groups in total. The van der Waals surface area contributed by atoms with Crippen LogP contribution in [0.3, 0.4) is 0 Å². The smallest absolute Gasteiger partial charge is 0.263 e. The summed E-state index contributed by atoms with van der Waals surface area (Å²) in [5.41, 5.74) is 0.631. The van der Waals surface area contributed by atoms with E-state index in [-0.39, 0.29) is 5.57 Å². The van der Waals surface area contributed by atoms with Crippen LogP contribution in [-0.4, -0.2) is 13.5 Å². The second kappa shape index (κ2) is 4.88. The zero-order valence-electron chi connectivity index (χ0n) is 6.82. The highest BCUT2D eigenvalue weighted by Gasteiger charge is 2.04. The van der Waals surface area contributed by atoms with E-state index in [0.29, 0.717) is 6.42 Å². The summed E-state index contributed by atoms with van der Waals surface area (Å²) in [6.45, 7) is 5.11. The van der Waals surface area contributed by atoms with E-state index in [0.717, 1.165) is 5.70 Å². The van der Waals surface area contributed by atoms with E-state index in [1.54, 1.807) is 7.05 Å². The molecular formula is C8H13F2N. The molecule has 0 amide bonds. The van der Waals surface area contributed by atoms with Crippen LogP contribution in [0.4, 0.5) is 8.78 Å². The Hall–Kier alpha value is -0.860. The van der Waals surface area contributed by atoms with Crippen molar-refractivity contribution in [2.75, 3.05) is 7.05 Å². The van der Waals surface area contributed by atoms with Crippen molar-refractivity contribution in [3.8, 4) is 0 Å². The van der Waals surface area contributed by atoms with Crippen molar-refractivity contribution in [3.63, 3.8) is 0 Å². The largest absolute Gasteiger partial charge is 0.391 e. The Kier molecular flexibility index (Phi) is 4.50. The lowest BCUT2D eigenvalue weighted by molar-refractivity contribution is 0.194. The van der Waals surface area contributed by atoms with Gasteiger partial charge in [0.1, 0.15) is 0 Å². The molecule has 0 bridgehead atoms. The molecular weight excluding hydrogens is 148 g/mol. The maximum Gasteiger partial charge on any atom is 0.263 e. The van der Waals surface area contributed by atoms with Gasteiger partial charge in [-0.25, -0.2) is 8.78 Å². The molecule has 64 valence electrons. The summed E-state index contributed by atoms with van der Waals surface area (Å²) in [6, 6.07) is 0. The summed E-state index contributed by atoms with van der Waals surface area (Å²) in [5.74, 6) is 0. The molecule has 0 aliphatic heterocycles. The molecule has 11 heavy (non-hydrogen) atoms. The second-order valence-electron chi connectivity index (χ2n) is 2.15. The van der Waals surface area contributed by atoms with Crippen LogP contribution in [0.15, 0.2) is 23.9 Å². The van der Waals surface area contributed by atoms with Gasteiger partial charge in [0.05, 0.1) is 0 Å². The zero-order chi connectivity index (χ0) is 8.85. The minimum atomic E-state index is -2.45. The van der Waals surface area contributed by atoms with Gasteiger partial charge in [0.25, 0.3) is 6.43 Å². The molecule has 0 aromatic heterocycles. The number of halogens is 2. The van der Waals surface area contributed by atoms with Crippen molar-refractivity contribution in [2.24, 2.45) is 0 Å². The van der Waals surface area contributed by atoms with E-state index < -0.39 is 6.43 Å². The summed E-state index contributed by atoms with van der Waals surface area (Å²) >= 11 is 0. The highest BCUT2D eigenvalue weighted by molar-refractivity contribution is 5.21. The summed E-state index contributed by atoms with van der Waals surface area (Å²) in [5, 5.41) is 2.80. The minimum absolute atomic E-state index is 0.142. The molecule has 0 saturated heterocycles. The quantitative estimate of drug-likeness (QED) is 0.624. The van der Waals surface area contributed by atoms with Gasteiger partial charge < -0.3 is 5.32 Å². The molecule has 1 nitrogen and oxygen atoms in total. The van der Waals surface area contributed by atoms with E-state index in [1.807, 2.05) is 6.92 Å². The number of alkyl halides is 2. The molecule has 0 aliphatic rings. The van der Waals surface area contributed by atoms with Crippen LogP contribution in [0.2, 0.25) is 0 Å². The molecule has 0 atom stereocenters. The highest BCUT2D eigenvalue weighted by Crippen LogP contribution is 2.09. The average Bonchev–Trinajstić information content (AvgIpc) is 1.99. The lowest BCUT2D eigenvalue weighted by Gasteiger charge is -2.03. The van der Waals surface area contributed by atoms with E-state index in [4.69, 9.17) is 0 Å². The van der Waals surface area contributed by atoms with Crippen LogP contribution >= 0.6 is 0 Å². The number of nitrogens with one attached hydrogen (secondary N) is 1. The van der Waals surface area contributed by atoms with Crippen LogP contribution in [0.1, 0.15) is 13.3 Å². The standard InChI is InChI=1S/C8H13F2N/c1-4-7(11-3)5-6(2)8(9)10/h5,8,11H,2,4H2,1,3H3/b7-5+. The van der Waals surface area contributed by atoms with Gasteiger partial charge in [0.15, 0.2) is 0 Å². The van der Waals surface area contributed by atoms with E-state index >= 15 is 0 Å². The van der Waals surface area contributed by atoms with Gasteiger partial charge in [-0.1, -0.05) is 13.5 Å². The first-order valence-electron chi connectivity index (χ1n) is 3.47. The molecule has 0 fully saturated rings. The molecule has 0 heterocycles. The molecule has 0 aromatic rings. The zero-order valence-corrected chi connectivity index (χ0v) is 6.82. The van der Waals surface area contributed by atoms with Crippen LogP contribution < -0.4 is 5.32 Å². The van der Waals surface area contributed by atoms with Gasteiger partial charge in [-0.05, 0) is 12.5 Å². The van der Waals surface area contributed by atoms with Crippen molar-refractivity contribution in [2.45, 2.75) is 19.8 Å².